The average molecular weight is 538 g/mol. The Morgan fingerprint density at radius 1 is 1.38 bits per heavy atom. The van der Waals surface area contributed by atoms with Gasteiger partial charge in [-0.05, 0) is 38.3 Å². The van der Waals surface area contributed by atoms with E-state index in [1.165, 1.54) is 7.11 Å². The molecule has 0 aliphatic carbocycles. The van der Waals surface area contributed by atoms with Crippen molar-refractivity contribution in [3.8, 4) is 0 Å². The number of carbonyl (C=O) groups excluding carboxylic acids is 1. The number of nitrogens with one attached hydrogen (secondary N) is 2. The van der Waals surface area contributed by atoms with Gasteiger partial charge in [0.25, 0.3) is 0 Å². The third-order valence-electron chi connectivity index (χ3n) is 4.70. The molecule has 1 aliphatic heterocycles. The van der Waals surface area contributed by atoms with E-state index >= 15 is 0 Å². The maximum absolute atomic E-state index is 11.1. The first-order valence-corrected chi connectivity index (χ1v) is 10.5. The minimum absolute atomic E-state index is 0. The lowest BCUT2D eigenvalue weighted by Crippen LogP contribution is -2.44. The van der Waals surface area contributed by atoms with Gasteiger partial charge in [0.1, 0.15) is 5.82 Å². The number of aliphatic imine (C=N–C) groups is 1. The SMILES string of the molecule is CCNC(=NCCCCCCC(=O)OC)NC1CCN(c2ncccc2Cl)C1.I. The number of nitrogens with zero attached hydrogens (tertiary/aromatic N) is 3. The first-order chi connectivity index (χ1) is 13.6. The average Bonchev–Trinajstić information content (AvgIpc) is 3.15. The number of hydrogen-bond donors (Lipinski definition) is 2. The Hall–Kier alpha value is -1.29. The Morgan fingerprint density at radius 3 is 2.90 bits per heavy atom. The molecule has 1 fully saturated rings. The second kappa shape index (κ2) is 14.7. The topological polar surface area (TPSA) is 78.8 Å². The van der Waals surface area contributed by atoms with E-state index in [-0.39, 0.29) is 29.9 Å². The van der Waals surface area contributed by atoms with E-state index in [9.17, 15) is 4.79 Å². The van der Waals surface area contributed by atoms with Crippen molar-refractivity contribution in [2.75, 3.05) is 38.2 Å². The van der Waals surface area contributed by atoms with Gasteiger partial charge in [0, 0.05) is 44.8 Å². The van der Waals surface area contributed by atoms with Gasteiger partial charge in [-0.2, -0.15) is 0 Å². The van der Waals surface area contributed by atoms with Crippen LogP contribution < -0.4 is 15.5 Å². The molecule has 0 aromatic carbocycles. The minimum atomic E-state index is -0.130. The summed E-state index contributed by atoms with van der Waals surface area (Å²) >= 11 is 6.27. The summed E-state index contributed by atoms with van der Waals surface area (Å²) in [4.78, 5) is 22.4. The fraction of sp³-hybridized carbons (Fsp3) is 0.650. The number of esters is 1. The Bertz CT molecular complexity index is 647. The Morgan fingerprint density at radius 2 is 2.17 bits per heavy atom. The zero-order valence-corrected chi connectivity index (χ0v) is 20.4. The van der Waals surface area contributed by atoms with Crippen LogP contribution in [0.5, 0.6) is 0 Å². The number of rotatable bonds is 10. The molecule has 164 valence electrons. The standard InChI is InChI=1S/C20H32ClN5O2.HI/c1-3-22-20(24-12-7-5-4-6-10-18(27)28-2)25-16-11-14-26(15-16)19-17(21)9-8-13-23-19;/h8-9,13,16H,3-7,10-12,14-15H2,1-2H3,(H2,22,24,25);1H. The lowest BCUT2D eigenvalue weighted by atomic mass is 10.1. The van der Waals surface area contributed by atoms with E-state index in [0.29, 0.717) is 17.5 Å². The van der Waals surface area contributed by atoms with Gasteiger partial charge >= 0.3 is 5.97 Å². The van der Waals surface area contributed by atoms with Crippen LogP contribution in [0.4, 0.5) is 5.82 Å². The van der Waals surface area contributed by atoms with Gasteiger partial charge in [-0.1, -0.05) is 24.4 Å². The van der Waals surface area contributed by atoms with Crippen LogP contribution in [0, 0.1) is 0 Å². The van der Waals surface area contributed by atoms with Crippen LogP contribution in [0.15, 0.2) is 23.3 Å². The van der Waals surface area contributed by atoms with Crippen molar-refractivity contribution >= 4 is 53.3 Å². The largest absolute Gasteiger partial charge is 0.469 e. The lowest BCUT2D eigenvalue weighted by molar-refractivity contribution is -0.140. The first-order valence-electron chi connectivity index (χ1n) is 10.1. The molecule has 29 heavy (non-hydrogen) atoms. The van der Waals surface area contributed by atoms with Gasteiger partial charge in [0.15, 0.2) is 5.96 Å². The summed E-state index contributed by atoms with van der Waals surface area (Å²) in [5.74, 6) is 1.58. The summed E-state index contributed by atoms with van der Waals surface area (Å²) in [7, 11) is 1.43. The third-order valence-corrected chi connectivity index (χ3v) is 4.99. The van der Waals surface area contributed by atoms with E-state index in [2.05, 4.69) is 37.2 Å². The number of pyridine rings is 1. The molecule has 0 bridgehead atoms. The van der Waals surface area contributed by atoms with Crippen LogP contribution >= 0.6 is 35.6 Å². The van der Waals surface area contributed by atoms with Crippen molar-refractivity contribution in [2.24, 2.45) is 4.99 Å². The van der Waals surface area contributed by atoms with Gasteiger partial charge < -0.3 is 20.3 Å². The van der Waals surface area contributed by atoms with Crippen molar-refractivity contribution in [2.45, 2.75) is 51.5 Å². The quantitative estimate of drug-likeness (QED) is 0.156. The molecule has 0 radical (unpaired) electrons. The summed E-state index contributed by atoms with van der Waals surface area (Å²) in [5, 5.41) is 7.53. The number of halogens is 2. The lowest BCUT2D eigenvalue weighted by Gasteiger charge is -2.20. The number of anilines is 1. The van der Waals surface area contributed by atoms with Crippen LogP contribution in [-0.4, -0.2) is 56.2 Å². The molecule has 1 saturated heterocycles. The Labute approximate surface area is 196 Å². The number of aromatic nitrogens is 1. The summed E-state index contributed by atoms with van der Waals surface area (Å²) in [6.07, 6.45) is 7.28. The molecule has 2 heterocycles. The number of methoxy groups -OCH3 is 1. The van der Waals surface area contributed by atoms with E-state index in [4.69, 9.17) is 11.6 Å². The highest BCUT2D eigenvalue weighted by Gasteiger charge is 2.25. The molecule has 2 N–H and O–H groups in total. The van der Waals surface area contributed by atoms with Crippen LogP contribution in [0.2, 0.25) is 5.02 Å². The highest BCUT2D eigenvalue weighted by atomic mass is 127. The highest BCUT2D eigenvalue weighted by molar-refractivity contribution is 14.0. The minimum Gasteiger partial charge on any atom is -0.469 e. The second-order valence-corrected chi connectivity index (χ2v) is 7.29. The fourth-order valence-corrected chi connectivity index (χ4v) is 3.46. The molecular weight excluding hydrogens is 505 g/mol. The van der Waals surface area contributed by atoms with Crippen LogP contribution in [0.3, 0.4) is 0 Å². The molecule has 1 unspecified atom stereocenters. The highest BCUT2D eigenvalue weighted by Crippen LogP contribution is 2.25. The van der Waals surface area contributed by atoms with Crippen LogP contribution in [0.25, 0.3) is 0 Å². The number of carbonyl (C=O) groups is 1. The summed E-state index contributed by atoms with van der Waals surface area (Å²) in [6, 6.07) is 4.04. The van der Waals surface area contributed by atoms with Crippen molar-refractivity contribution < 1.29 is 9.53 Å². The van der Waals surface area contributed by atoms with Gasteiger partial charge in [-0.15, -0.1) is 24.0 Å². The van der Waals surface area contributed by atoms with Gasteiger partial charge in [0.2, 0.25) is 0 Å². The van der Waals surface area contributed by atoms with Crippen molar-refractivity contribution in [3.63, 3.8) is 0 Å². The third kappa shape index (κ3) is 9.37. The van der Waals surface area contributed by atoms with E-state index < -0.39 is 0 Å². The Kier molecular flexibility index (Phi) is 13.0. The molecule has 0 amide bonds. The zero-order chi connectivity index (χ0) is 20.2. The molecule has 1 aromatic heterocycles. The van der Waals surface area contributed by atoms with Gasteiger partial charge in [-0.3, -0.25) is 9.79 Å². The molecule has 0 spiro atoms. The van der Waals surface area contributed by atoms with E-state index in [1.807, 2.05) is 12.1 Å². The van der Waals surface area contributed by atoms with E-state index in [0.717, 1.165) is 70.1 Å². The molecular formula is C20H33ClIN5O2. The van der Waals surface area contributed by atoms with Crippen molar-refractivity contribution in [1.29, 1.82) is 0 Å². The first kappa shape index (κ1) is 25.7. The number of unbranched alkanes of at least 4 members (excludes halogenated alkanes) is 3. The molecule has 1 aliphatic rings. The zero-order valence-electron chi connectivity index (χ0n) is 17.3. The normalized spacial score (nSPS) is 16.3. The molecule has 2 rings (SSSR count). The summed E-state index contributed by atoms with van der Waals surface area (Å²) in [6.45, 7) is 5.45. The predicted molar refractivity (Wildman–Crippen MR) is 129 cm³/mol. The van der Waals surface area contributed by atoms with Crippen molar-refractivity contribution in [1.82, 2.24) is 15.6 Å². The molecule has 1 aromatic rings. The maximum atomic E-state index is 11.1. The predicted octanol–water partition coefficient (Wildman–Crippen LogP) is 3.61. The number of guanidine groups is 1. The molecule has 1 atom stereocenters. The van der Waals surface area contributed by atoms with Gasteiger partial charge in [-0.25, -0.2) is 4.98 Å². The van der Waals surface area contributed by atoms with Crippen LogP contribution in [0.1, 0.15) is 45.4 Å². The second-order valence-electron chi connectivity index (χ2n) is 6.89. The van der Waals surface area contributed by atoms with E-state index in [1.54, 1.807) is 6.20 Å². The molecule has 0 saturated carbocycles. The summed E-state index contributed by atoms with van der Waals surface area (Å²) in [5.41, 5.74) is 0. The van der Waals surface area contributed by atoms with Crippen molar-refractivity contribution in [3.05, 3.63) is 23.4 Å². The van der Waals surface area contributed by atoms with Crippen LogP contribution in [-0.2, 0) is 9.53 Å². The maximum Gasteiger partial charge on any atom is 0.305 e. The smallest absolute Gasteiger partial charge is 0.305 e. The monoisotopic (exact) mass is 537 g/mol. The summed E-state index contributed by atoms with van der Waals surface area (Å²) < 4.78 is 4.65. The fourth-order valence-electron chi connectivity index (χ4n) is 3.22. The number of ether oxygens (including phenoxy) is 1. The number of hydrogen-bond acceptors (Lipinski definition) is 5. The van der Waals surface area contributed by atoms with Gasteiger partial charge in [0.05, 0.1) is 12.1 Å². The molecule has 9 heteroatoms. The Balaban J connectivity index is 0.00000420. The molecule has 7 nitrogen and oxygen atoms in total.